The molecule has 100 valence electrons. The predicted molar refractivity (Wildman–Crippen MR) is 71.0 cm³/mol. The van der Waals surface area contributed by atoms with Gasteiger partial charge in [0.05, 0.1) is 32.0 Å². The molecule has 0 atom stereocenters. The van der Waals surface area contributed by atoms with E-state index in [0.717, 1.165) is 17.5 Å². The van der Waals surface area contributed by atoms with E-state index in [2.05, 4.69) is 5.10 Å². The Balaban J connectivity index is 2.44. The van der Waals surface area contributed by atoms with E-state index in [-0.39, 0.29) is 0 Å². The van der Waals surface area contributed by atoms with Crippen LogP contribution in [0.5, 0.6) is 11.5 Å². The van der Waals surface area contributed by atoms with Crippen molar-refractivity contribution in [2.45, 2.75) is 13.5 Å². The van der Waals surface area contributed by atoms with Crippen LogP contribution in [0.25, 0.3) is 0 Å². The van der Waals surface area contributed by atoms with E-state index in [1.807, 2.05) is 25.1 Å². The summed E-state index contributed by atoms with van der Waals surface area (Å²) in [7, 11) is 3.21. The standard InChI is InChI=1S/C14H16N2O3/c1-10-7-11(9-17)16(15-10)8-12-13(18-2)5-4-6-14(12)19-3/h4-7,9H,8H2,1-3H3. The SMILES string of the molecule is COc1cccc(OC)c1Cn1nc(C)cc1C=O. The summed E-state index contributed by atoms with van der Waals surface area (Å²) in [6, 6.07) is 7.31. The number of hydrogen-bond donors (Lipinski definition) is 0. The Morgan fingerprint density at radius 1 is 1.26 bits per heavy atom. The fraction of sp³-hybridized carbons (Fsp3) is 0.286. The first kappa shape index (κ1) is 13.1. The first-order valence-electron chi connectivity index (χ1n) is 5.89. The molecular formula is C14H16N2O3. The number of aryl methyl sites for hydroxylation is 1. The highest BCUT2D eigenvalue weighted by atomic mass is 16.5. The van der Waals surface area contributed by atoms with Gasteiger partial charge in [-0.1, -0.05) is 6.07 Å². The topological polar surface area (TPSA) is 53.4 Å². The number of nitrogens with zero attached hydrogens (tertiary/aromatic N) is 2. The summed E-state index contributed by atoms with van der Waals surface area (Å²) in [6.45, 7) is 2.28. The average Bonchev–Trinajstić information content (AvgIpc) is 2.79. The van der Waals surface area contributed by atoms with Gasteiger partial charge in [-0.3, -0.25) is 9.48 Å². The maximum atomic E-state index is 11.0. The molecule has 2 rings (SSSR count). The molecule has 0 fully saturated rings. The Morgan fingerprint density at radius 2 is 1.89 bits per heavy atom. The van der Waals surface area contributed by atoms with Crippen molar-refractivity contribution in [2.75, 3.05) is 14.2 Å². The van der Waals surface area contributed by atoms with Gasteiger partial charge in [0.2, 0.25) is 0 Å². The van der Waals surface area contributed by atoms with Gasteiger partial charge in [0.15, 0.2) is 6.29 Å². The van der Waals surface area contributed by atoms with E-state index in [9.17, 15) is 4.79 Å². The molecule has 1 heterocycles. The molecule has 2 aromatic rings. The van der Waals surface area contributed by atoms with Gasteiger partial charge in [-0.05, 0) is 25.1 Å². The smallest absolute Gasteiger partial charge is 0.168 e. The summed E-state index contributed by atoms with van der Waals surface area (Å²) in [6.07, 6.45) is 0.794. The maximum Gasteiger partial charge on any atom is 0.168 e. The number of benzene rings is 1. The number of ether oxygens (including phenoxy) is 2. The van der Waals surface area contributed by atoms with Crippen molar-refractivity contribution in [3.8, 4) is 11.5 Å². The Morgan fingerprint density at radius 3 is 2.42 bits per heavy atom. The number of hydrogen-bond acceptors (Lipinski definition) is 4. The van der Waals surface area contributed by atoms with Crippen LogP contribution >= 0.6 is 0 Å². The lowest BCUT2D eigenvalue weighted by atomic mass is 10.1. The maximum absolute atomic E-state index is 11.0. The van der Waals surface area contributed by atoms with Crippen molar-refractivity contribution in [3.63, 3.8) is 0 Å². The summed E-state index contributed by atoms with van der Waals surface area (Å²) in [5.74, 6) is 1.42. The molecule has 0 amide bonds. The van der Waals surface area contributed by atoms with Crippen LogP contribution in [0.15, 0.2) is 24.3 Å². The van der Waals surface area contributed by atoms with Gasteiger partial charge in [0, 0.05) is 0 Å². The van der Waals surface area contributed by atoms with Crippen LogP contribution in [0.4, 0.5) is 0 Å². The van der Waals surface area contributed by atoms with Crippen LogP contribution in [-0.4, -0.2) is 30.3 Å². The van der Waals surface area contributed by atoms with E-state index in [4.69, 9.17) is 9.47 Å². The van der Waals surface area contributed by atoms with E-state index >= 15 is 0 Å². The minimum Gasteiger partial charge on any atom is -0.496 e. The quantitative estimate of drug-likeness (QED) is 0.772. The molecule has 0 saturated heterocycles. The predicted octanol–water partition coefficient (Wildman–Crippen LogP) is 2.07. The number of carbonyl (C=O) groups excluding carboxylic acids is 1. The number of carbonyl (C=O) groups is 1. The Bertz CT molecular complexity index is 568. The first-order valence-corrected chi connectivity index (χ1v) is 5.89. The highest BCUT2D eigenvalue weighted by Crippen LogP contribution is 2.29. The largest absolute Gasteiger partial charge is 0.496 e. The molecule has 0 unspecified atom stereocenters. The molecule has 0 N–H and O–H groups in total. The zero-order valence-electron chi connectivity index (χ0n) is 11.2. The van der Waals surface area contributed by atoms with Crippen molar-refractivity contribution in [2.24, 2.45) is 0 Å². The third-order valence-corrected chi connectivity index (χ3v) is 2.89. The zero-order valence-corrected chi connectivity index (χ0v) is 11.2. The third kappa shape index (κ3) is 2.59. The molecule has 1 aromatic carbocycles. The van der Waals surface area contributed by atoms with Crippen LogP contribution in [0, 0.1) is 6.92 Å². The number of methoxy groups -OCH3 is 2. The van der Waals surface area contributed by atoms with Gasteiger partial charge >= 0.3 is 0 Å². The van der Waals surface area contributed by atoms with E-state index in [1.165, 1.54) is 0 Å². The van der Waals surface area contributed by atoms with Gasteiger partial charge in [-0.2, -0.15) is 5.10 Å². The van der Waals surface area contributed by atoms with E-state index in [0.29, 0.717) is 23.7 Å². The molecule has 19 heavy (non-hydrogen) atoms. The molecular weight excluding hydrogens is 244 g/mol. The monoisotopic (exact) mass is 260 g/mol. The summed E-state index contributed by atoms with van der Waals surface area (Å²) in [4.78, 5) is 11.0. The number of aldehydes is 1. The molecule has 0 aliphatic heterocycles. The van der Waals surface area contributed by atoms with Gasteiger partial charge in [0.1, 0.15) is 17.2 Å². The molecule has 0 saturated carbocycles. The van der Waals surface area contributed by atoms with Crippen LogP contribution in [0.2, 0.25) is 0 Å². The molecule has 0 aliphatic carbocycles. The van der Waals surface area contributed by atoms with Crippen molar-refractivity contribution in [1.82, 2.24) is 9.78 Å². The molecule has 5 heteroatoms. The van der Waals surface area contributed by atoms with E-state index < -0.39 is 0 Å². The summed E-state index contributed by atoms with van der Waals surface area (Å²) in [5.41, 5.74) is 2.19. The molecule has 5 nitrogen and oxygen atoms in total. The molecule has 0 radical (unpaired) electrons. The molecule has 1 aromatic heterocycles. The Kier molecular flexibility index (Phi) is 3.85. The number of rotatable bonds is 5. The van der Waals surface area contributed by atoms with Gasteiger partial charge in [-0.25, -0.2) is 0 Å². The zero-order chi connectivity index (χ0) is 13.8. The van der Waals surface area contributed by atoms with E-state index in [1.54, 1.807) is 25.0 Å². The number of aromatic nitrogens is 2. The molecule has 0 aliphatic rings. The Hall–Kier alpha value is -2.30. The second kappa shape index (κ2) is 5.56. The Labute approximate surface area is 111 Å². The first-order chi connectivity index (χ1) is 9.19. The van der Waals surface area contributed by atoms with Crippen LogP contribution in [0.1, 0.15) is 21.7 Å². The highest BCUT2D eigenvalue weighted by Gasteiger charge is 2.13. The van der Waals surface area contributed by atoms with Gasteiger partial charge in [0.25, 0.3) is 0 Å². The van der Waals surface area contributed by atoms with Crippen LogP contribution in [0.3, 0.4) is 0 Å². The fourth-order valence-corrected chi connectivity index (χ4v) is 2.02. The lowest BCUT2D eigenvalue weighted by Crippen LogP contribution is -2.08. The minimum atomic E-state index is 0.426. The fourth-order valence-electron chi connectivity index (χ4n) is 2.02. The van der Waals surface area contributed by atoms with Crippen molar-refractivity contribution in [3.05, 3.63) is 41.2 Å². The average molecular weight is 260 g/mol. The van der Waals surface area contributed by atoms with Crippen molar-refractivity contribution in [1.29, 1.82) is 0 Å². The third-order valence-electron chi connectivity index (χ3n) is 2.89. The van der Waals surface area contributed by atoms with Crippen LogP contribution < -0.4 is 9.47 Å². The second-order valence-corrected chi connectivity index (χ2v) is 4.13. The second-order valence-electron chi connectivity index (χ2n) is 4.13. The summed E-state index contributed by atoms with van der Waals surface area (Å²) < 4.78 is 12.3. The summed E-state index contributed by atoms with van der Waals surface area (Å²) >= 11 is 0. The highest BCUT2D eigenvalue weighted by molar-refractivity contribution is 5.72. The van der Waals surface area contributed by atoms with Crippen molar-refractivity contribution >= 4 is 6.29 Å². The van der Waals surface area contributed by atoms with Crippen molar-refractivity contribution < 1.29 is 14.3 Å². The molecule has 0 spiro atoms. The van der Waals surface area contributed by atoms with Gasteiger partial charge < -0.3 is 9.47 Å². The van der Waals surface area contributed by atoms with Gasteiger partial charge in [-0.15, -0.1) is 0 Å². The summed E-state index contributed by atoms with van der Waals surface area (Å²) in [5, 5.41) is 4.30. The normalized spacial score (nSPS) is 10.3. The lowest BCUT2D eigenvalue weighted by molar-refractivity contribution is 0.111. The molecule has 0 bridgehead atoms. The van der Waals surface area contributed by atoms with Crippen LogP contribution in [-0.2, 0) is 6.54 Å². The lowest BCUT2D eigenvalue weighted by Gasteiger charge is -2.13. The minimum absolute atomic E-state index is 0.426.